The van der Waals surface area contributed by atoms with Crippen LogP contribution in [0.4, 0.5) is 45.5 Å². The van der Waals surface area contributed by atoms with Crippen LogP contribution in [0.5, 0.6) is 0 Å². The molecule has 0 atom stereocenters. The molecule has 11 rings (SSSR count). The fourth-order valence-electron chi connectivity index (χ4n) is 8.98. The van der Waals surface area contributed by atoms with Gasteiger partial charge in [0, 0.05) is 56.0 Å². The van der Waals surface area contributed by atoms with E-state index in [4.69, 9.17) is 23.1 Å². The molecule has 69 heavy (non-hydrogen) atoms. The lowest BCUT2D eigenvalue weighted by Crippen LogP contribution is -2.09. The van der Waals surface area contributed by atoms with Crippen molar-refractivity contribution in [2.45, 2.75) is 0 Å². The van der Waals surface area contributed by atoms with E-state index in [9.17, 15) is 5.26 Å². The summed E-state index contributed by atoms with van der Waals surface area (Å²) in [6.45, 7) is 16.3. The number of nitrogens with zero attached hydrogens (tertiary/aromatic N) is 8. The summed E-state index contributed by atoms with van der Waals surface area (Å²) in [6.07, 6.45) is 0. The van der Waals surface area contributed by atoms with Crippen LogP contribution in [0.2, 0.25) is 0 Å². The molecule has 0 radical (unpaired) electrons. The highest BCUT2D eigenvalue weighted by Crippen LogP contribution is 2.44. The van der Waals surface area contributed by atoms with Crippen molar-refractivity contribution in [3.8, 4) is 45.7 Å². The minimum atomic E-state index is 0.467. The van der Waals surface area contributed by atoms with Gasteiger partial charge in [-0.15, -0.1) is 0 Å². The summed E-state index contributed by atoms with van der Waals surface area (Å²) in [5, 5.41) is 11.6. The van der Waals surface area contributed by atoms with Crippen LogP contribution in [0.1, 0.15) is 5.56 Å². The molecule has 8 heteroatoms. The van der Waals surface area contributed by atoms with Gasteiger partial charge < -0.3 is 14.4 Å². The Balaban J connectivity index is 1.13. The maximum atomic E-state index is 9.66. The van der Waals surface area contributed by atoms with E-state index >= 15 is 0 Å². The normalized spacial score (nSPS) is 10.9. The third-order valence-corrected chi connectivity index (χ3v) is 12.2. The van der Waals surface area contributed by atoms with Crippen molar-refractivity contribution >= 4 is 67.3 Å². The third-order valence-electron chi connectivity index (χ3n) is 12.2. The minimum Gasteiger partial charge on any atom is -0.319 e. The van der Waals surface area contributed by atoms with Gasteiger partial charge in [0.05, 0.1) is 52.9 Å². The van der Waals surface area contributed by atoms with E-state index in [1.54, 1.807) is 0 Å². The lowest BCUT2D eigenvalue weighted by molar-refractivity contribution is 1.17. The Bertz CT molecular complexity index is 3580. The number of fused-ring (bicyclic) bond motifs is 3. The third kappa shape index (κ3) is 7.96. The van der Waals surface area contributed by atoms with Crippen molar-refractivity contribution in [1.82, 2.24) is 14.5 Å². The Labute approximate surface area is 399 Å². The van der Waals surface area contributed by atoms with Crippen molar-refractivity contribution in [3.05, 3.63) is 259 Å². The SMILES string of the molecule is [C-]#[N+]c1ccc(N(c2ccccc2)c2ccc3c(c2)c2cc(N(c4ccccc4)c4ccc(C#N)cc4)ccc2n3-c2ccc(-c3cc(-c4ccccc4)nc(-c4ccccc4)n3)cc2[N+]#[C-])cc1. The average Bonchev–Trinajstić information content (AvgIpc) is 3.75. The van der Waals surface area contributed by atoms with Gasteiger partial charge in [-0.05, 0) is 121 Å². The quantitative estimate of drug-likeness (QED) is 0.128. The number of benzene rings is 9. The van der Waals surface area contributed by atoms with Gasteiger partial charge >= 0.3 is 0 Å². The van der Waals surface area contributed by atoms with Crippen LogP contribution < -0.4 is 9.80 Å². The van der Waals surface area contributed by atoms with Crippen LogP contribution in [0.15, 0.2) is 231 Å². The van der Waals surface area contributed by atoms with Crippen molar-refractivity contribution in [3.63, 3.8) is 0 Å². The minimum absolute atomic E-state index is 0.467. The van der Waals surface area contributed by atoms with E-state index in [1.807, 2.05) is 170 Å². The molecule has 0 aliphatic rings. The fraction of sp³-hybridized carbons (Fsp3) is 0. The maximum Gasteiger partial charge on any atom is 0.211 e. The van der Waals surface area contributed by atoms with Gasteiger partial charge in [-0.3, -0.25) is 0 Å². The second-order valence-corrected chi connectivity index (χ2v) is 16.4. The zero-order valence-electron chi connectivity index (χ0n) is 37.0. The topological polar surface area (TPSA) is 69.7 Å². The van der Waals surface area contributed by atoms with E-state index < -0.39 is 0 Å². The molecule has 0 unspecified atom stereocenters. The summed E-state index contributed by atoms with van der Waals surface area (Å²) >= 11 is 0. The van der Waals surface area contributed by atoms with E-state index in [-0.39, 0.29) is 0 Å². The van der Waals surface area contributed by atoms with Crippen LogP contribution in [0, 0.1) is 24.5 Å². The van der Waals surface area contributed by atoms with E-state index in [0.29, 0.717) is 28.5 Å². The molecule has 0 saturated carbocycles. The molecule has 0 saturated heterocycles. The Hall–Kier alpha value is -10.1. The molecular formula is C61H38N8. The Morgan fingerprint density at radius 3 is 1.39 bits per heavy atom. The van der Waals surface area contributed by atoms with Crippen LogP contribution >= 0.6 is 0 Å². The molecule has 9 aromatic carbocycles. The molecule has 0 bridgehead atoms. The number of aromatic nitrogens is 3. The summed E-state index contributed by atoms with van der Waals surface area (Å²) < 4.78 is 2.19. The zero-order valence-corrected chi connectivity index (χ0v) is 37.0. The molecule has 0 N–H and O–H groups in total. The lowest BCUT2D eigenvalue weighted by atomic mass is 10.1. The van der Waals surface area contributed by atoms with E-state index in [2.05, 4.69) is 90.8 Å². The average molecular weight is 883 g/mol. The van der Waals surface area contributed by atoms with Gasteiger partial charge in [0.2, 0.25) is 5.69 Å². The lowest BCUT2D eigenvalue weighted by Gasteiger charge is -2.26. The smallest absolute Gasteiger partial charge is 0.211 e. The zero-order chi connectivity index (χ0) is 46.7. The van der Waals surface area contributed by atoms with Gasteiger partial charge in [-0.25, -0.2) is 19.7 Å². The number of nitriles is 1. The molecule has 0 amide bonds. The fourth-order valence-corrected chi connectivity index (χ4v) is 8.98. The van der Waals surface area contributed by atoms with Crippen LogP contribution in [0.25, 0.3) is 71.1 Å². The van der Waals surface area contributed by atoms with Gasteiger partial charge in [-0.1, -0.05) is 115 Å². The molecule has 8 nitrogen and oxygen atoms in total. The number of rotatable bonds is 10. The second-order valence-electron chi connectivity index (χ2n) is 16.4. The summed E-state index contributed by atoms with van der Waals surface area (Å²) in [6, 6.07) is 78.9. The molecule has 2 heterocycles. The Morgan fingerprint density at radius 1 is 0.420 bits per heavy atom. The largest absolute Gasteiger partial charge is 0.319 e. The molecule has 11 aromatic rings. The Kier molecular flexibility index (Phi) is 10.9. The second kappa shape index (κ2) is 18.1. The summed E-state index contributed by atoms with van der Waals surface area (Å²) in [7, 11) is 0. The number of anilines is 6. The highest BCUT2D eigenvalue weighted by Gasteiger charge is 2.22. The van der Waals surface area contributed by atoms with Crippen molar-refractivity contribution in [1.29, 1.82) is 5.26 Å². The highest BCUT2D eigenvalue weighted by atomic mass is 15.2. The molecule has 322 valence electrons. The predicted molar refractivity (Wildman–Crippen MR) is 279 cm³/mol. The van der Waals surface area contributed by atoms with Crippen LogP contribution in [-0.4, -0.2) is 14.5 Å². The highest BCUT2D eigenvalue weighted by molar-refractivity contribution is 6.12. The first-order valence-electron chi connectivity index (χ1n) is 22.4. The molecule has 0 fully saturated rings. The first-order chi connectivity index (χ1) is 34.1. The molecule has 0 spiro atoms. The number of hydrogen-bond acceptors (Lipinski definition) is 5. The van der Waals surface area contributed by atoms with Gasteiger partial charge in [0.15, 0.2) is 11.5 Å². The summed E-state index contributed by atoms with van der Waals surface area (Å²) in [5.74, 6) is 0.604. The monoisotopic (exact) mass is 882 g/mol. The first-order valence-corrected chi connectivity index (χ1v) is 22.4. The summed E-state index contributed by atoms with van der Waals surface area (Å²) in [5.41, 5.74) is 14.0. The van der Waals surface area contributed by atoms with Crippen molar-refractivity contribution in [2.75, 3.05) is 9.80 Å². The molecular weight excluding hydrogens is 845 g/mol. The predicted octanol–water partition coefficient (Wildman–Crippen LogP) is 16.5. The van der Waals surface area contributed by atoms with Gasteiger partial charge in [0.1, 0.15) is 0 Å². The molecule has 0 aliphatic carbocycles. The molecule has 2 aromatic heterocycles. The van der Waals surface area contributed by atoms with Gasteiger partial charge in [0.25, 0.3) is 0 Å². The standard InChI is InChI=1S/C61H38N8/c1-63-46-26-30-50(31-27-46)68(48-21-13-6-14-22-48)52-33-36-59-54(39-52)53-38-51(67(47-19-11-5-12-20-47)49-28-23-42(41-62)24-29-49)32-35-58(53)69(59)60-34-25-45(37-57(60)64-2)56-40-55(43-15-7-3-8-16-43)65-61(66-56)44-17-9-4-10-18-44/h3-40H. The number of para-hydroxylation sites is 2. The van der Waals surface area contributed by atoms with E-state index in [0.717, 1.165) is 84.0 Å². The van der Waals surface area contributed by atoms with Gasteiger partial charge in [-0.2, -0.15) is 5.26 Å². The summed E-state index contributed by atoms with van der Waals surface area (Å²) in [4.78, 5) is 22.3. The molecule has 0 aliphatic heterocycles. The van der Waals surface area contributed by atoms with E-state index in [1.165, 1.54) is 0 Å². The van der Waals surface area contributed by atoms with Crippen LogP contribution in [-0.2, 0) is 0 Å². The number of hydrogen-bond donors (Lipinski definition) is 0. The van der Waals surface area contributed by atoms with Crippen molar-refractivity contribution < 1.29 is 0 Å². The van der Waals surface area contributed by atoms with Crippen molar-refractivity contribution in [2.24, 2.45) is 0 Å². The first kappa shape index (κ1) is 41.6. The Morgan fingerprint density at radius 2 is 0.884 bits per heavy atom. The maximum absolute atomic E-state index is 9.66. The van der Waals surface area contributed by atoms with Crippen LogP contribution in [0.3, 0.4) is 0 Å².